The zero-order valence-corrected chi connectivity index (χ0v) is 10.2. The standard InChI is InChI=1S/C10H21NO2S/c1-4-5-6-8-11(2)9-7-10-14(3,12)13/h5-6H,4,7-10H2,1-3H3/b6-5-. The van der Waals surface area contributed by atoms with Gasteiger partial charge in [-0.25, -0.2) is 8.42 Å². The van der Waals surface area contributed by atoms with E-state index in [0.29, 0.717) is 0 Å². The second-order valence-electron chi connectivity index (χ2n) is 3.63. The van der Waals surface area contributed by atoms with E-state index >= 15 is 0 Å². The lowest BCUT2D eigenvalue weighted by atomic mass is 10.4. The van der Waals surface area contributed by atoms with Crippen molar-refractivity contribution < 1.29 is 8.42 Å². The Hall–Kier alpha value is -0.350. The van der Waals surface area contributed by atoms with Crippen molar-refractivity contribution in [3.05, 3.63) is 12.2 Å². The molecule has 0 fully saturated rings. The Morgan fingerprint density at radius 2 is 1.93 bits per heavy atom. The number of hydrogen-bond donors (Lipinski definition) is 0. The van der Waals surface area contributed by atoms with Gasteiger partial charge in [0.2, 0.25) is 0 Å². The van der Waals surface area contributed by atoms with Crippen molar-refractivity contribution in [1.82, 2.24) is 4.90 Å². The van der Waals surface area contributed by atoms with Gasteiger partial charge in [-0.05, 0) is 26.4 Å². The van der Waals surface area contributed by atoms with Crippen LogP contribution in [0.25, 0.3) is 0 Å². The molecule has 4 heteroatoms. The summed E-state index contributed by atoms with van der Waals surface area (Å²) < 4.78 is 21.7. The molecule has 0 saturated carbocycles. The topological polar surface area (TPSA) is 37.4 Å². The SMILES string of the molecule is CC/C=C\CN(C)CCCS(C)(=O)=O. The van der Waals surface area contributed by atoms with E-state index in [1.54, 1.807) is 0 Å². The van der Waals surface area contributed by atoms with E-state index in [1.165, 1.54) is 6.26 Å². The zero-order chi connectivity index (χ0) is 11.0. The fraction of sp³-hybridized carbons (Fsp3) is 0.800. The Morgan fingerprint density at radius 3 is 2.43 bits per heavy atom. The summed E-state index contributed by atoms with van der Waals surface area (Å²) in [5.41, 5.74) is 0. The molecule has 14 heavy (non-hydrogen) atoms. The fourth-order valence-electron chi connectivity index (χ4n) is 1.11. The molecular formula is C10H21NO2S. The highest BCUT2D eigenvalue weighted by Gasteiger charge is 2.02. The zero-order valence-electron chi connectivity index (χ0n) is 9.36. The lowest BCUT2D eigenvalue weighted by Gasteiger charge is -2.13. The van der Waals surface area contributed by atoms with Gasteiger partial charge in [-0.2, -0.15) is 0 Å². The van der Waals surface area contributed by atoms with Crippen molar-refractivity contribution in [2.75, 3.05) is 32.1 Å². The Balaban J connectivity index is 3.54. The van der Waals surface area contributed by atoms with Crippen LogP contribution in [0.1, 0.15) is 19.8 Å². The van der Waals surface area contributed by atoms with Crippen molar-refractivity contribution in [3.63, 3.8) is 0 Å². The quantitative estimate of drug-likeness (QED) is 0.606. The number of allylic oxidation sites excluding steroid dienone is 1. The third kappa shape index (κ3) is 9.74. The Bertz CT molecular complexity index is 257. The average molecular weight is 219 g/mol. The number of sulfone groups is 1. The van der Waals surface area contributed by atoms with Crippen molar-refractivity contribution >= 4 is 9.84 Å². The van der Waals surface area contributed by atoms with Gasteiger partial charge < -0.3 is 4.90 Å². The highest BCUT2D eigenvalue weighted by atomic mass is 32.2. The first-order chi connectivity index (χ1) is 6.45. The van der Waals surface area contributed by atoms with Gasteiger partial charge in [0.05, 0.1) is 5.75 Å². The van der Waals surface area contributed by atoms with E-state index in [4.69, 9.17) is 0 Å². The smallest absolute Gasteiger partial charge is 0.147 e. The van der Waals surface area contributed by atoms with Gasteiger partial charge in [0.15, 0.2) is 0 Å². The van der Waals surface area contributed by atoms with Crippen LogP contribution >= 0.6 is 0 Å². The monoisotopic (exact) mass is 219 g/mol. The van der Waals surface area contributed by atoms with Crippen molar-refractivity contribution in [2.45, 2.75) is 19.8 Å². The normalized spacial score (nSPS) is 12.9. The van der Waals surface area contributed by atoms with E-state index in [0.717, 1.165) is 25.9 Å². The first-order valence-corrected chi connectivity index (χ1v) is 7.03. The molecule has 0 aliphatic carbocycles. The minimum Gasteiger partial charge on any atom is -0.303 e. The molecule has 0 amide bonds. The third-order valence-electron chi connectivity index (χ3n) is 1.87. The summed E-state index contributed by atoms with van der Waals surface area (Å²) in [5.74, 6) is 0.287. The maximum Gasteiger partial charge on any atom is 0.147 e. The minimum absolute atomic E-state index is 0.287. The summed E-state index contributed by atoms with van der Waals surface area (Å²) in [6.45, 7) is 3.83. The summed E-state index contributed by atoms with van der Waals surface area (Å²) in [5, 5.41) is 0. The molecule has 0 aliphatic heterocycles. The molecule has 3 nitrogen and oxygen atoms in total. The molecule has 0 aromatic rings. The Kier molecular flexibility index (Phi) is 6.83. The molecule has 0 bridgehead atoms. The number of hydrogen-bond acceptors (Lipinski definition) is 3. The molecule has 0 saturated heterocycles. The highest BCUT2D eigenvalue weighted by molar-refractivity contribution is 7.90. The van der Waals surface area contributed by atoms with Crippen LogP contribution in [0.3, 0.4) is 0 Å². The molecular weight excluding hydrogens is 198 g/mol. The molecule has 0 N–H and O–H groups in total. The molecule has 0 atom stereocenters. The maximum atomic E-state index is 10.8. The molecule has 0 heterocycles. The second kappa shape index (κ2) is 7.01. The van der Waals surface area contributed by atoms with Gasteiger partial charge in [-0.1, -0.05) is 19.1 Å². The summed E-state index contributed by atoms with van der Waals surface area (Å²) in [6.07, 6.45) is 7.28. The van der Waals surface area contributed by atoms with Crippen LogP contribution in [0.15, 0.2) is 12.2 Å². The maximum absolute atomic E-state index is 10.8. The second-order valence-corrected chi connectivity index (χ2v) is 5.89. The first-order valence-electron chi connectivity index (χ1n) is 4.97. The van der Waals surface area contributed by atoms with E-state index in [2.05, 4.69) is 24.0 Å². The molecule has 0 aromatic heterocycles. The number of rotatable bonds is 7. The van der Waals surface area contributed by atoms with E-state index in [9.17, 15) is 8.42 Å². The van der Waals surface area contributed by atoms with Gasteiger partial charge in [0.25, 0.3) is 0 Å². The van der Waals surface area contributed by atoms with Crippen LogP contribution in [0.5, 0.6) is 0 Å². The van der Waals surface area contributed by atoms with Crippen molar-refractivity contribution in [2.24, 2.45) is 0 Å². The fourth-order valence-corrected chi connectivity index (χ4v) is 1.76. The largest absolute Gasteiger partial charge is 0.303 e. The van der Waals surface area contributed by atoms with Crippen molar-refractivity contribution in [1.29, 1.82) is 0 Å². The van der Waals surface area contributed by atoms with Crippen LogP contribution in [0, 0.1) is 0 Å². The van der Waals surface area contributed by atoms with Crippen LogP contribution in [0.4, 0.5) is 0 Å². The predicted molar refractivity (Wildman–Crippen MR) is 61.3 cm³/mol. The summed E-state index contributed by atoms with van der Waals surface area (Å²) in [7, 11) is -0.787. The molecule has 84 valence electrons. The third-order valence-corrected chi connectivity index (χ3v) is 2.90. The minimum atomic E-state index is -2.79. The Labute approximate surface area is 87.7 Å². The van der Waals surface area contributed by atoms with E-state index in [-0.39, 0.29) is 5.75 Å². The first kappa shape index (κ1) is 13.7. The van der Waals surface area contributed by atoms with E-state index < -0.39 is 9.84 Å². The van der Waals surface area contributed by atoms with Gasteiger partial charge >= 0.3 is 0 Å². The highest BCUT2D eigenvalue weighted by Crippen LogP contribution is 1.93. The Morgan fingerprint density at radius 1 is 1.29 bits per heavy atom. The average Bonchev–Trinajstić information content (AvgIpc) is 2.02. The van der Waals surface area contributed by atoms with Gasteiger partial charge in [0.1, 0.15) is 9.84 Å². The van der Waals surface area contributed by atoms with Crippen LogP contribution in [-0.2, 0) is 9.84 Å². The van der Waals surface area contributed by atoms with E-state index in [1.807, 2.05) is 7.05 Å². The summed E-state index contributed by atoms with van der Waals surface area (Å²) in [4.78, 5) is 2.12. The van der Waals surface area contributed by atoms with Gasteiger partial charge in [-0.3, -0.25) is 0 Å². The van der Waals surface area contributed by atoms with Crippen LogP contribution in [-0.4, -0.2) is 45.5 Å². The predicted octanol–water partition coefficient (Wildman–Crippen LogP) is 1.32. The lowest BCUT2D eigenvalue weighted by molar-refractivity contribution is 0.370. The summed E-state index contributed by atoms with van der Waals surface area (Å²) >= 11 is 0. The van der Waals surface area contributed by atoms with Crippen LogP contribution in [0.2, 0.25) is 0 Å². The number of likely N-dealkylation sites (N-methyl/N-ethyl adjacent to an activating group) is 1. The van der Waals surface area contributed by atoms with Gasteiger partial charge in [0, 0.05) is 12.8 Å². The van der Waals surface area contributed by atoms with Crippen LogP contribution < -0.4 is 0 Å². The molecule has 0 aromatic carbocycles. The summed E-state index contributed by atoms with van der Waals surface area (Å²) in [6, 6.07) is 0. The van der Waals surface area contributed by atoms with Crippen molar-refractivity contribution in [3.8, 4) is 0 Å². The molecule has 0 unspecified atom stereocenters. The number of nitrogens with zero attached hydrogens (tertiary/aromatic N) is 1. The lowest BCUT2D eigenvalue weighted by Crippen LogP contribution is -2.21. The molecule has 0 spiro atoms. The molecule has 0 rings (SSSR count). The molecule has 0 aliphatic rings. The van der Waals surface area contributed by atoms with Gasteiger partial charge in [-0.15, -0.1) is 0 Å². The molecule has 0 radical (unpaired) electrons.